The third kappa shape index (κ3) is 4.73. The van der Waals surface area contributed by atoms with Gasteiger partial charge in [0, 0.05) is 12.3 Å². The maximum atomic E-state index is 11.7. The number of anilines is 1. The molecule has 0 saturated heterocycles. The van der Waals surface area contributed by atoms with E-state index in [4.69, 9.17) is 4.74 Å². The van der Waals surface area contributed by atoms with Gasteiger partial charge in [-0.1, -0.05) is 6.07 Å². The van der Waals surface area contributed by atoms with E-state index in [0.29, 0.717) is 17.3 Å². The van der Waals surface area contributed by atoms with Crippen molar-refractivity contribution in [3.05, 3.63) is 48.4 Å². The molecule has 19 heavy (non-hydrogen) atoms. The van der Waals surface area contributed by atoms with E-state index in [1.54, 1.807) is 36.5 Å². The van der Waals surface area contributed by atoms with E-state index in [1.165, 1.54) is 13.3 Å². The molecule has 2 aromatic heterocycles. The summed E-state index contributed by atoms with van der Waals surface area (Å²) in [7, 11) is 1.54. The maximum absolute atomic E-state index is 11.7. The SMILES string of the molecule is COc1ccc(NC(=O)c2ccccn2)cn1.Cl.Cl. The van der Waals surface area contributed by atoms with E-state index in [0.717, 1.165) is 0 Å². The minimum atomic E-state index is -0.266. The minimum absolute atomic E-state index is 0. The van der Waals surface area contributed by atoms with Crippen LogP contribution in [0.5, 0.6) is 5.88 Å². The maximum Gasteiger partial charge on any atom is 0.274 e. The normalized spacial score (nSPS) is 8.68. The molecule has 0 aliphatic heterocycles. The number of hydrogen-bond acceptors (Lipinski definition) is 4. The van der Waals surface area contributed by atoms with Crippen molar-refractivity contribution in [1.82, 2.24) is 9.97 Å². The monoisotopic (exact) mass is 301 g/mol. The molecular formula is C12H13Cl2N3O2. The van der Waals surface area contributed by atoms with Gasteiger partial charge in [-0.25, -0.2) is 4.98 Å². The number of hydrogen-bond donors (Lipinski definition) is 1. The van der Waals surface area contributed by atoms with Gasteiger partial charge in [-0.2, -0.15) is 0 Å². The molecule has 1 N–H and O–H groups in total. The van der Waals surface area contributed by atoms with Gasteiger partial charge in [-0.05, 0) is 18.2 Å². The van der Waals surface area contributed by atoms with Gasteiger partial charge < -0.3 is 10.1 Å². The van der Waals surface area contributed by atoms with Gasteiger partial charge in [0.15, 0.2) is 0 Å². The fourth-order valence-electron chi connectivity index (χ4n) is 1.27. The Labute approximate surface area is 123 Å². The second-order valence-corrected chi connectivity index (χ2v) is 3.26. The van der Waals surface area contributed by atoms with E-state index in [-0.39, 0.29) is 30.7 Å². The van der Waals surface area contributed by atoms with Gasteiger partial charge in [-0.15, -0.1) is 24.8 Å². The second-order valence-electron chi connectivity index (χ2n) is 3.26. The Bertz CT molecular complexity index is 506. The largest absolute Gasteiger partial charge is 0.481 e. The molecule has 2 rings (SSSR count). The van der Waals surface area contributed by atoms with Gasteiger partial charge in [0.1, 0.15) is 5.69 Å². The summed E-state index contributed by atoms with van der Waals surface area (Å²) in [4.78, 5) is 19.7. The number of nitrogens with zero attached hydrogens (tertiary/aromatic N) is 2. The van der Waals surface area contributed by atoms with Gasteiger partial charge in [0.25, 0.3) is 5.91 Å². The summed E-state index contributed by atoms with van der Waals surface area (Å²) >= 11 is 0. The van der Waals surface area contributed by atoms with Crippen molar-refractivity contribution in [1.29, 1.82) is 0 Å². The van der Waals surface area contributed by atoms with Crippen molar-refractivity contribution >= 4 is 36.4 Å². The van der Waals surface area contributed by atoms with Crippen LogP contribution in [0.1, 0.15) is 10.5 Å². The molecule has 0 radical (unpaired) electrons. The summed E-state index contributed by atoms with van der Waals surface area (Å²) in [6, 6.07) is 8.55. The third-order valence-corrected chi connectivity index (χ3v) is 2.10. The fraction of sp³-hybridized carbons (Fsp3) is 0.0833. The van der Waals surface area contributed by atoms with Crippen LogP contribution >= 0.6 is 24.8 Å². The van der Waals surface area contributed by atoms with Crippen LogP contribution in [0.15, 0.2) is 42.7 Å². The molecule has 2 heterocycles. The quantitative estimate of drug-likeness (QED) is 0.946. The molecule has 2 aromatic rings. The zero-order valence-corrected chi connectivity index (χ0v) is 11.7. The summed E-state index contributed by atoms with van der Waals surface area (Å²) < 4.78 is 4.92. The molecule has 1 amide bonds. The number of pyridine rings is 2. The number of aromatic nitrogens is 2. The van der Waals surface area contributed by atoms with Gasteiger partial charge in [0.2, 0.25) is 5.88 Å². The van der Waals surface area contributed by atoms with E-state index < -0.39 is 0 Å². The van der Waals surface area contributed by atoms with Crippen molar-refractivity contribution in [2.75, 3.05) is 12.4 Å². The third-order valence-electron chi connectivity index (χ3n) is 2.10. The van der Waals surface area contributed by atoms with Crippen LogP contribution < -0.4 is 10.1 Å². The van der Waals surface area contributed by atoms with Gasteiger partial charge in [0.05, 0.1) is 19.0 Å². The van der Waals surface area contributed by atoms with Crippen LogP contribution in [0.25, 0.3) is 0 Å². The van der Waals surface area contributed by atoms with Crippen LogP contribution in [0, 0.1) is 0 Å². The van der Waals surface area contributed by atoms with Crippen molar-refractivity contribution in [3.8, 4) is 5.88 Å². The average molecular weight is 302 g/mol. The van der Waals surface area contributed by atoms with Gasteiger partial charge in [-0.3, -0.25) is 9.78 Å². The zero-order chi connectivity index (χ0) is 12.1. The first kappa shape index (κ1) is 17.2. The van der Waals surface area contributed by atoms with E-state index >= 15 is 0 Å². The second kappa shape index (κ2) is 8.29. The van der Waals surface area contributed by atoms with Crippen LogP contribution in [0.2, 0.25) is 0 Å². The molecule has 0 spiro atoms. The lowest BCUT2D eigenvalue weighted by molar-refractivity contribution is 0.102. The first-order valence-electron chi connectivity index (χ1n) is 5.02. The summed E-state index contributed by atoms with van der Waals surface area (Å²) in [6.45, 7) is 0. The first-order valence-corrected chi connectivity index (χ1v) is 5.02. The molecule has 102 valence electrons. The molecule has 0 saturated carbocycles. The molecule has 5 nitrogen and oxygen atoms in total. The molecule has 0 aliphatic rings. The standard InChI is InChI=1S/C12H11N3O2.2ClH/c1-17-11-6-5-9(8-14-11)15-12(16)10-4-2-3-7-13-10;;/h2-8H,1H3,(H,15,16);2*1H. The topological polar surface area (TPSA) is 64.1 Å². The lowest BCUT2D eigenvalue weighted by Gasteiger charge is -2.04. The Hall–Kier alpha value is -1.85. The van der Waals surface area contributed by atoms with Crippen LogP contribution in [0.3, 0.4) is 0 Å². The summed E-state index contributed by atoms with van der Waals surface area (Å²) in [6.07, 6.45) is 3.10. The first-order chi connectivity index (χ1) is 8.29. The Morgan fingerprint density at radius 2 is 1.95 bits per heavy atom. The highest BCUT2D eigenvalue weighted by Gasteiger charge is 2.06. The Balaban J connectivity index is 0.00000162. The number of amides is 1. The smallest absolute Gasteiger partial charge is 0.274 e. The number of halogens is 2. The van der Waals surface area contributed by atoms with Crippen molar-refractivity contribution in [2.45, 2.75) is 0 Å². The number of methoxy groups -OCH3 is 1. The highest BCUT2D eigenvalue weighted by Crippen LogP contribution is 2.11. The number of nitrogens with one attached hydrogen (secondary N) is 1. The predicted octanol–water partition coefficient (Wildman–Crippen LogP) is 2.58. The molecule has 0 fully saturated rings. The average Bonchev–Trinajstić information content (AvgIpc) is 2.40. The zero-order valence-electron chi connectivity index (χ0n) is 10.1. The molecule has 0 aromatic carbocycles. The van der Waals surface area contributed by atoms with Crippen molar-refractivity contribution in [2.24, 2.45) is 0 Å². The van der Waals surface area contributed by atoms with E-state index in [1.807, 2.05) is 0 Å². The number of carbonyl (C=O) groups excluding carboxylic acids is 1. The Morgan fingerprint density at radius 3 is 2.47 bits per heavy atom. The Kier molecular flexibility index (Phi) is 7.48. The highest BCUT2D eigenvalue weighted by molar-refractivity contribution is 6.02. The van der Waals surface area contributed by atoms with Crippen LogP contribution in [0.4, 0.5) is 5.69 Å². The molecule has 7 heteroatoms. The number of rotatable bonds is 3. The summed E-state index contributed by atoms with van der Waals surface area (Å²) in [5.74, 6) is 0.235. The van der Waals surface area contributed by atoms with Gasteiger partial charge >= 0.3 is 0 Å². The minimum Gasteiger partial charge on any atom is -0.481 e. The molecule has 0 atom stereocenters. The summed E-state index contributed by atoms with van der Waals surface area (Å²) in [5.41, 5.74) is 0.963. The van der Waals surface area contributed by atoms with Crippen molar-refractivity contribution in [3.63, 3.8) is 0 Å². The summed E-state index contributed by atoms with van der Waals surface area (Å²) in [5, 5.41) is 2.69. The van der Waals surface area contributed by atoms with E-state index in [2.05, 4.69) is 15.3 Å². The van der Waals surface area contributed by atoms with Crippen LogP contribution in [-0.4, -0.2) is 23.0 Å². The van der Waals surface area contributed by atoms with E-state index in [9.17, 15) is 4.79 Å². The number of carbonyl (C=O) groups is 1. The van der Waals surface area contributed by atoms with Crippen LogP contribution in [-0.2, 0) is 0 Å². The highest BCUT2D eigenvalue weighted by atomic mass is 35.5. The predicted molar refractivity (Wildman–Crippen MR) is 77.5 cm³/mol. The lowest BCUT2D eigenvalue weighted by Crippen LogP contribution is -2.13. The fourth-order valence-corrected chi connectivity index (χ4v) is 1.27. The molecule has 0 aliphatic carbocycles. The molecule has 0 bridgehead atoms. The number of ether oxygens (including phenoxy) is 1. The lowest BCUT2D eigenvalue weighted by atomic mass is 10.3. The van der Waals surface area contributed by atoms with Crippen molar-refractivity contribution < 1.29 is 9.53 Å². The Morgan fingerprint density at radius 1 is 1.16 bits per heavy atom. The molecular weight excluding hydrogens is 289 g/mol. The molecule has 0 unspecified atom stereocenters.